The molecule has 3 N–H and O–H groups in total. The van der Waals surface area contributed by atoms with Crippen molar-refractivity contribution in [1.29, 1.82) is 0 Å². The normalized spacial score (nSPS) is 18.1. The number of amides is 3. The summed E-state index contributed by atoms with van der Waals surface area (Å²) in [7, 11) is 0. The molecule has 2 rings (SSSR count). The zero-order chi connectivity index (χ0) is 13.3. The lowest BCUT2D eigenvalue weighted by Gasteiger charge is -2.17. The van der Waals surface area contributed by atoms with Crippen molar-refractivity contribution in [2.45, 2.75) is 32.5 Å². The van der Waals surface area contributed by atoms with Crippen LogP contribution in [0.25, 0.3) is 0 Å². The molecule has 1 aromatic rings. The van der Waals surface area contributed by atoms with E-state index in [1.807, 2.05) is 24.3 Å². The minimum atomic E-state index is -0.825. The molecule has 0 unspecified atom stereocenters. The molecule has 5 heteroatoms. The number of carbonyl (C=O) groups excluding carboxylic acids is 2. The predicted molar refractivity (Wildman–Crippen MR) is 67.5 cm³/mol. The van der Waals surface area contributed by atoms with Crippen molar-refractivity contribution in [2.75, 3.05) is 0 Å². The minimum absolute atomic E-state index is 0.209. The fourth-order valence-electron chi connectivity index (χ4n) is 2.04. The fourth-order valence-corrected chi connectivity index (χ4v) is 2.04. The third kappa shape index (κ3) is 2.09. The number of imide groups is 1. The van der Waals surface area contributed by atoms with Crippen molar-refractivity contribution >= 4 is 11.9 Å². The van der Waals surface area contributed by atoms with Crippen LogP contribution in [0.5, 0.6) is 0 Å². The van der Waals surface area contributed by atoms with E-state index in [0.29, 0.717) is 6.54 Å². The van der Waals surface area contributed by atoms with Crippen LogP contribution in [0.4, 0.5) is 4.79 Å². The van der Waals surface area contributed by atoms with E-state index in [0.717, 1.165) is 11.1 Å². The van der Waals surface area contributed by atoms with E-state index in [9.17, 15) is 9.59 Å². The molecule has 1 aliphatic rings. The molecule has 3 amide bonds. The van der Waals surface area contributed by atoms with Crippen LogP contribution >= 0.6 is 0 Å². The second-order valence-corrected chi connectivity index (χ2v) is 4.92. The van der Waals surface area contributed by atoms with Gasteiger partial charge in [-0.1, -0.05) is 24.3 Å². The van der Waals surface area contributed by atoms with Crippen LogP contribution in [-0.4, -0.2) is 22.4 Å². The van der Waals surface area contributed by atoms with Gasteiger partial charge in [-0.2, -0.15) is 0 Å². The summed E-state index contributed by atoms with van der Waals surface area (Å²) in [6.07, 6.45) is 0. The van der Waals surface area contributed by atoms with Gasteiger partial charge >= 0.3 is 6.03 Å². The van der Waals surface area contributed by atoms with Gasteiger partial charge < -0.3 is 11.1 Å². The molecule has 0 saturated carbocycles. The number of hydrogen-bond donors (Lipinski definition) is 2. The second kappa shape index (κ2) is 4.42. The molecule has 18 heavy (non-hydrogen) atoms. The summed E-state index contributed by atoms with van der Waals surface area (Å²) in [6.45, 7) is 4.05. The average molecular weight is 247 g/mol. The Morgan fingerprint density at radius 3 is 2.33 bits per heavy atom. The topological polar surface area (TPSA) is 75.4 Å². The molecule has 0 bridgehead atoms. The van der Waals surface area contributed by atoms with Gasteiger partial charge in [-0.05, 0) is 25.0 Å². The smallest absolute Gasteiger partial charge is 0.325 e. The van der Waals surface area contributed by atoms with Gasteiger partial charge in [0.25, 0.3) is 5.91 Å². The number of carbonyl (C=O) groups is 2. The quantitative estimate of drug-likeness (QED) is 0.782. The van der Waals surface area contributed by atoms with Gasteiger partial charge in [-0.15, -0.1) is 0 Å². The van der Waals surface area contributed by atoms with Gasteiger partial charge in [0, 0.05) is 6.54 Å². The highest BCUT2D eigenvalue weighted by Crippen LogP contribution is 2.20. The first kappa shape index (κ1) is 12.6. The Hall–Kier alpha value is -1.88. The molecule has 0 atom stereocenters. The van der Waals surface area contributed by atoms with Crippen molar-refractivity contribution < 1.29 is 9.59 Å². The van der Waals surface area contributed by atoms with Crippen molar-refractivity contribution in [2.24, 2.45) is 5.73 Å². The summed E-state index contributed by atoms with van der Waals surface area (Å²) in [5, 5.41) is 2.66. The van der Waals surface area contributed by atoms with Gasteiger partial charge in [0.2, 0.25) is 0 Å². The van der Waals surface area contributed by atoms with Crippen LogP contribution in [0, 0.1) is 0 Å². The van der Waals surface area contributed by atoms with E-state index in [4.69, 9.17) is 5.73 Å². The van der Waals surface area contributed by atoms with Gasteiger partial charge in [-0.3, -0.25) is 9.69 Å². The number of nitrogens with two attached hydrogens (primary N) is 1. The maximum atomic E-state index is 12.1. The third-order valence-electron chi connectivity index (χ3n) is 3.11. The van der Waals surface area contributed by atoms with E-state index in [-0.39, 0.29) is 18.5 Å². The zero-order valence-electron chi connectivity index (χ0n) is 10.6. The molecule has 0 spiro atoms. The SMILES string of the molecule is CC1(C)NC(=O)N(Cc2ccccc2CN)C1=O. The largest absolute Gasteiger partial charge is 0.326 e. The summed E-state index contributed by atoms with van der Waals surface area (Å²) in [4.78, 5) is 25.1. The molecule has 96 valence electrons. The van der Waals surface area contributed by atoms with Crippen LogP contribution in [-0.2, 0) is 17.9 Å². The molecule has 5 nitrogen and oxygen atoms in total. The van der Waals surface area contributed by atoms with Crippen LogP contribution in [0.3, 0.4) is 0 Å². The summed E-state index contributed by atoms with van der Waals surface area (Å²) in [5.41, 5.74) is 6.67. The van der Waals surface area contributed by atoms with E-state index in [1.54, 1.807) is 13.8 Å². The third-order valence-corrected chi connectivity index (χ3v) is 3.11. The second-order valence-electron chi connectivity index (χ2n) is 4.92. The Balaban J connectivity index is 2.24. The van der Waals surface area contributed by atoms with E-state index >= 15 is 0 Å². The van der Waals surface area contributed by atoms with Gasteiger partial charge in [0.1, 0.15) is 5.54 Å². The first-order valence-electron chi connectivity index (χ1n) is 5.86. The zero-order valence-corrected chi connectivity index (χ0v) is 10.6. The van der Waals surface area contributed by atoms with Crippen LogP contribution in [0.2, 0.25) is 0 Å². The molecule has 1 aromatic carbocycles. The molecule has 1 fully saturated rings. The van der Waals surface area contributed by atoms with Crippen LogP contribution < -0.4 is 11.1 Å². The van der Waals surface area contributed by atoms with Gasteiger partial charge in [0.15, 0.2) is 0 Å². The van der Waals surface area contributed by atoms with Crippen molar-refractivity contribution in [3.63, 3.8) is 0 Å². The number of urea groups is 1. The Morgan fingerprint density at radius 1 is 1.22 bits per heavy atom. The summed E-state index contributed by atoms with van der Waals surface area (Å²) in [6, 6.07) is 7.20. The van der Waals surface area contributed by atoms with Gasteiger partial charge in [0.05, 0.1) is 6.54 Å². The molecule has 1 saturated heterocycles. The first-order chi connectivity index (χ1) is 8.45. The highest BCUT2D eigenvalue weighted by atomic mass is 16.2. The number of rotatable bonds is 3. The summed E-state index contributed by atoms with van der Waals surface area (Å²) in [5.74, 6) is -0.209. The van der Waals surface area contributed by atoms with Crippen molar-refractivity contribution in [3.05, 3.63) is 35.4 Å². The number of hydrogen-bond acceptors (Lipinski definition) is 3. The van der Waals surface area contributed by atoms with E-state index in [2.05, 4.69) is 5.32 Å². The molecule has 0 aromatic heterocycles. The Morgan fingerprint density at radius 2 is 1.83 bits per heavy atom. The highest BCUT2D eigenvalue weighted by molar-refractivity contribution is 6.06. The number of nitrogens with one attached hydrogen (secondary N) is 1. The van der Waals surface area contributed by atoms with Crippen molar-refractivity contribution in [3.8, 4) is 0 Å². The molecular formula is C13H17N3O2. The number of nitrogens with zero attached hydrogens (tertiary/aromatic N) is 1. The highest BCUT2D eigenvalue weighted by Gasteiger charge is 2.44. The Labute approximate surface area is 106 Å². The van der Waals surface area contributed by atoms with Crippen LogP contribution in [0.15, 0.2) is 24.3 Å². The van der Waals surface area contributed by atoms with E-state index in [1.165, 1.54) is 4.90 Å². The molecule has 1 aliphatic heterocycles. The predicted octanol–water partition coefficient (Wildman–Crippen LogP) is 0.976. The lowest BCUT2D eigenvalue weighted by molar-refractivity contribution is -0.130. The van der Waals surface area contributed by atoms with Crippen LogP contribution in [0.1, 0.15) is 25.0 Å². The maximum absolute atomic E-state index is 12.1. The maximum Gasteiger partial charge on any atom is 0.325 e. The summed E-state index contributed by atoms with van der Waals surface area (Å²) < 4.78 is 0. The molecule has 1 heterocycles. The number of benzene rings is 1. The monoisotopic (exact) mass is 247 g/mol. The lowest BCUT2D eigenvalue weighted by atomic mass is 10.0. The molecule has 0 aliphatic carbocycles. The standard InChI is InChI=1S/C13H17N3O2/c1-13(2)11(17)16(12(18)15-13)8-10-6-4-3-5-9(10)7-14/h3-6H,7-8,14H2,1-2H3,(H,15,18). The van der Waals surface area contributed by atoms with E-state index < -0.39 is 5.54 Å². The lowest BCUT2D eigenvalue weighted by Crippen LogP contribution is -2.40. The average Bonchev–Trinajstić information content (AvgIpc) is 2.52. The Kier molecular flexibility index (Phi) is 3.09. The van der Waals surface area contributed by atoms with Gasteiger partial charge in [-0.25, -0.2) is 4.79 Å². The molecular weight excluding hydrogens is 230 g/mol. The van der Waals surface area contributed by atoms with Crippen molar-refractivity contribution in [1.82, 2.24) is 10.2 Å². The summed E-state index contributed by atoms with van der Waals surface area (Å²) >= 11 is 0. The minimum Gasteiger partial charge on any atom is -0.326 e. The molecule has 0 radical (unpaired) electrons. The fraction of sp³-hybridized carbons (Fsp3) is 0.385. The first-order valence-corrected chi connectivity index (χ1v) is 5.86. The Bertz CT molecular complexity index is 497.